The van der Waals surface area contributed by atoms with E-state index in [1.807, 2.05) is 20.8 Å². The Labute approximate surface area is 190 Å². The van der Waals surface area contributed by atoms with Gasteiger partial charge < -0.3 is 15.7 Å². The van der Waals surface area contributed by atoms with Crippen molar-refractivity contribution in [2.75, 3.05) is 13.2 Å². The van der Waals surface area contributed by atoms with Gasteiger partial charge in [0, 0.05) is 18.5 Å². The second kappa shape index (κ2) is 10.1. The minimum Gasteiger partial charge on any atom is -0.396 e. The lowest BCUT2D eigenvalue weighted by molar-refractivity contribution is -0.125. The quantitative estimate of drug-likeness (QED) is 0.452. The first-order valence-corrected chi connectivity index (χ1v) is 10.7. The van der Waals surface area contributed by atoms with Crippen LogP contribution in [0.2, 0.25) is 0 Å². The molecule has 3 N–H and O–H groups in total. The Hall–Kier alpha value is -3.33. The van der Waals surface area contributed by atoms with Gasteiger partial charge in [-0.25, -0.2) is 8.78 Å². The molecule has 2 amide bonds. The summed E-state index contributed by atoms with van der Waals surface area (Å²) >= 11 is 0. The van der Waals surface area contributed by atoms with Gasteiger partial charge in [-0.3, -0.25) is 14.3 Å². The molecule has 0 bridgehead atoms. The number of amides is 2. The summed E-state index contributed by atoms with van der Waals surface area (Å²) in [5.41, 5.74) is 0.207. The van der Waals surface area contributed by atoms with E-state index in [2.05, 4.69) is 15.7 Å². The normalized spacial score (nSPS) is 12.5. The molecule has 176 valence electrons. The van der Waals surface area contributed by atoms with E-state index in [0.717, 1.165) is 0 Å². The monoisotopic (exact) mass is 458 g/mol. The van der Waals surface area contributed by atoms with Crippen molar-refractivity contribution in [2.24, 2.45) is 5.41 Å². The number of aromatic nitrogens is 2. The van der Waals surface area contributed by atoms with Crippen molar-refractivity contribution in [2.45, 2.75) is 39.8 Å². The molecule has 1 heterocycles. The topological polar surface area (TPSA) is 96.2 Å². The van der Waals surface area contributed by atoms with Gasteiger partial charge in [0.1, 0.15) is 23.2 Å². The zero-order chi connectivity index (χ0) is 24.2. The Kier molecular flexibility index (Phi) is 7.43. The highest BCUT2D eigenvalue weighted by Crippen LogP contribution is 2.25. The Morgan fingerprint density at radius 1 is 1.12 bits per heavy atom. The van der Waals surface area contributed by atoms with E-state index in [-0.39, 0.29) is 42.6 Å². The maximum atomic E-state index is 14.7. The Bertz CT molecular complexity index is 1140. The average molecular weight is 459 g/mol. The van der Waals surface area contributed by atoms with Crippen molar-refractivity contribution >= 4 is 22.7 Å². The zero-order valence-corrected chi connectivity index (χ0v) is 18.9. The third kappa shape index (κ3) is 5.73. The molecule has 9 heteroatoms. The van der Waals surface area contributed by atoms with Crippen LogP contribution >= 0.6 is 0 Å². The molecule has 0 saturated heterocycles. The first-order valence-electron chi connectivity index (χ1n) is 10.7. The summed E-state index contributed by atoms with van der Waals surface area (Å²) in [6.45, 7) is 5.79. The van der Waals surface area contributed by atoms with Crippen molar-refractivity contribution in [3.63, 3.8) is 0 Å². The van der Waals surface area contributed by atoms with Crippen molar-refractivity contribution < 1.29 is 23.5 Å². The molecule has 0 fully saturated rings. The molecule has 2 aromatic carbocycles. The van der Waals surface area contributed by atoms with Gasteiger partial charge in [-0.2, -0.15) is 5.10 Å². The van der Waals surface area contributed by atoms with Crippen LogP contribution in [-0.2, 0) is 11.3 Å². The predicted molar refractivity (Wildman–Crippen MR) is 121 cm³/mol. The molecule has 0 spiro atoms. The van der Waals surface area contributed by atoms with Crippen LogP contribution in [-0.4, -0.2) is 45.9 Å². The number of benzene rings is 2. The number of nitrogens with zero attached hydrogens (tertiary/aromatic N) is 2. The van der Waals surface area contributed by atoms with Crippen LogP contribution in [0.1, 0.15) is 43.2 Å². The molecule has 0 radical (unpaired) electrons. The number of carbonyl (C=O) groups is 2. The standard InChI is InChI=1S/C24H28F2N4O3/c1-24(2,3)21(23(33)27-12-5-13-31)28-22(32)19-17-6-4-7-18(26)20(17)30(29-19)14-15-8-10-16(25)11-9-15/h4,6-11,21,31H,5,12-14H2,1-3H3,(H,27,33)(H,28,32). The van der Waals surface area contributed by atoms with E-state index < -0.39 is 23.2 Å². The molecule has 7 nitrogen and oxygen atoms in total. The van der Waals surface area contributed by atoms with Crippen LogP contribution < -0.4 is 10.6 Å². The largest absolute Gasteiger partial charge is 0.396 e. The molecule has 3 rings (SSSR count). The predicted octanol–water partition coefficient (Wildman–Crippen LogP) is 3.01. The van der Waals surface area contributed by atoms with Crippen molar-refractivity contribution in [1.82, 2.24) is 20.4 Å². The van der Waals surface area contributed by atoms with Gasteiger partial charge in [0.25, 0.3) is 5.91 Å². The number of carbonyl (C=O) groups excluding carboxylic acids is 2. The van der Waals surface area contributed by atoms with Crippen LogP contribution in [0.25, 0.3) is 10.9 Å². The second-order valence-corrected chi connectivity index (χ2v) is 8.91. The Morgan fingerprint density at radius 3 is 2.45 bits per heavy atom. The molecule has 1 unspecified atom stereocenters. The third-order valence-corrected chi connectivity index (χ3v) is 5.22. The Morgan fingerprint density at radius 2 is 1.82 bits per heavy atom. The second-order valence-electron chi connectivity index (χ2n) is 8.91. The lowest BCUT2D eigenvalue weighted by Gasteiger charge is -2.30. The maximum absolute atomic E-state index is 14.7. The van der Waals surface area contributed by atoms with Crippen LogP contribution in [0.5, 0.6) is 0 Å². The number of hydrogen-bond acceptors (Lipinski definition) is 4. The van der Waals surface area contributed by atoms with Crippen molar-refractivity contribution in [3.05, 3.63) is 65.4 Å². The summed E-state index contributed by atoms with van der Waals surface area (Å²) in [6.07, 6.45) is 0.397. The highest BCUT2D eigenvalue weighted by atomic mass is 19.1. The number of aliphatic hydroxyl groups is 1. The third-order valence-electron chi connectivity index (χ3n) is 5.22. The van der Waals surface area contributed by atoms with Crippen molar-refractivity contribution in [1.29, 1.82) is 0 Å². The van der Waals surface area contributed by atoms with E-state index in [1.54, 1.807) is 18.2 Å². The number of hydrogen-bond donors (Lipinski definition) is 3. The van der Waals surface area contributed by atoms with Gasteiger partial charge in [-0.15, -0.1) is 0 Å². The van der Waals surface area contributed by atoms with E-state index >= 15 is 0 Å². The summed E-state index contributed by atoms with van der Waals surface area (Å²) in [7, 11) is 0. The fraction of sp³-hybridized carbons (Fsp3) is 0.375. The fourth-order valence-electron chi connectivity index (χ4n) is 3.51. The number of nitrogens with one attached hydrogen (secondary N) is 2. The molecule has 1 atom stereocenters. The summed E-state index contributed by atoms with van der Waals surface area (Å²) in [5.74, 6) is -1.93. The van der Waals surface area contributed by atoms with Gasteiger partial charge in [-0.1, -0.05) is 45.0 Å². The van der Waals surface area contributed by atoms with Crippen LogP contribution in [0.4, 0.5) is 8.78 Å². The highest BCUT2D eigenvalue weighted by molar-refractivity contribution is 6.06. The lowest BCUT2D eigenvalue weighted by atomic mass is 9.86. The first-order chi connectivity index (χ1) is 15.6. The number of rotatable bonds is 8. The van der Waals surface area contributed by atoms with Crippen LogP contribution in [0.3, 0.4) is 0 Å². The van der Waals surface area contributed by atoms with E-state index in [0.29, 0.717) is 17.4 Å². The van der Waals surface area contributed by atoms with Crippen LogP contribution in [0, 0.1) is 17.0 Å². The van der Waals surface area contributed by atoms with E-state index in [1.165, 1.54) is 28.9 Å². The molecule has 0 aliphatic heterocycles. The van der Waals surface area contributed by atoms with Gasteiger partial charge in [0.2, 0.25) is 5.91 Å². The summed E-state index contributed by atoms with van der Waals surface area (Å²) in [6, 6.07) is 9.21. The number of para-hydroxylation sites is 1. The fourth-order valence-corrected chi connectivity index (χ4v) is 3.51. The Balaban J connectivity index is 1.93. The van der Waals surface area contributed by atoms with Gasteiger partial charge >= 0.3 is 0 Å². The van der Waals surface area contributed by atoms with Crippen molar-refractivity contribution in [3.8, 4) is 0 Å². The molecule has 1 aromatic heterocycles. The minimum absolute atomic E-state index is 0.0102. The molecular formula is C24H28F2N4O3. The summed E-state index contributed by atoms with van der Waals surface area (Å²) < 4.78 is 29.3. The van der Waals surface area contributed by atoms with Gasteiger partial charge in [0.05, 0.1) is 6.54 Å². The number of aliphatic hydroxyl groups excluding tert-OH is 1. The molecule has 3 aromatic rings. The summed E-state index contributed by atoms with van der Waals surface area (Å²) in [4.78, 5) is 25.9. The molecular weight excluding hydrogens is 430 g/mol. The minimum atomic E-state index is -0.880. The van der Waals surface area contributed by atoms with E-state index in [9.17, 15) is 18.4 Å². The molecule has 0 saturated carbocycles. The van der Waals surface area contributed by atoms with Crippen LogP contribution in [0.15, 0.2) is 42.5 Å². The number of halogens is 2. The summed E-state index contributed by atoms with van der Waals surface area (Å²) in [5, 5.41) is 19.0. The zero-order valence-electron chi connectivity index (χ0n) is 18.9. The highest BCUT2D eigenvalue weighted by Gasteiger charge is 2.34. The molecule has 0 aliphatic carbocycles. The molecule has 0 aliphatic rings. The van der Waals surface area contributed by atoms with E-state index in [4.69, 9.17) is 5.11 Å². The maximum Gasteiger partial charge on any atom is 0.273 e. The average Bonchev–Trinajstić information content (AvgIpc) is 3.12. The smallest absolute Gasteiger partial charge is 0.273 e. The van der Waals surface area contributed by atoms with Gasteiger partial charge in [0.15, 0.2) is 5.69 Å². The lowest BCUT2D eigenvalue weighted by Crippen LogP contribution is -2.53. The molecule has 33 heavy (non-hydrogen) atoms. The number of fused-ring (bicyclic) bond motifs is 1. The first kappa shape index (κ1) is 24.3. The van der Waals surface area contributed by atoms with Gasteiger partial charge in [-0.05, 0) is 35.6 Å². The SMILES string of the molecule is CC(C)(C)C(NC(=O)c1nn(Cc2ccc(F)cc2)c2c(F)cccc12)C(=O)NCCCO.